The minimum Gasteiger partial charge on any atom is -0.461 e. The van der Waals surface area contributed by atoms with Gasteiger partial charge in [0, 0.05) is 74.0 Å². The van der Waals surface area contributed by atoms with Crippen molar-refractivity contribution >= 4 is 68.6 Å². The van der Waals surface area contributed by atoms with Crippen LogP contribution in [0, 0.1) is 47.6 Å². The number of fused-ring (bicyclic) bond motifs is 10. The third-order valence-corrected chi connectivity index (χ3v) is 21.0. The molecule has 15 rings (SSSR count). The Morgan fingerprint density at radius 3 is 1.13 bits per heavy atom. The van der Waals surface area contributed by atoms with Gasteiger partial charge in [-0.15, -0.1) is 29.9 Å². The van der Waals surface area contributed by atoms with Crippen molar-refractivity contribution in [3.8, 4) is 64.7 Å². The third kappa shape index (κ3) is 19.0. The molecule has 4 atom stereocenters. The lowest BCUT2D eigenvalue weighted by Gasteiger charge is -2.13. The number of ether oxygens (including phenoxy) is 4. The van der Waals surface area contributed by atoms with Gasteiger partial charge in [0.1, 0.15) is 41.5 Å². The molecule has 0 N–H and O–H groups in total. The summed E-state index contributed by atoms with van der Waals surface area (Å²) in [5.41, 5.74) is 27.3. The summed E-state index contributed by atoms with van der Waals surface area (Å²) in [5.74, 6) is 10.3. The van der Waals surface area contributed by atoms with E-state index in [0.29, 0.717) is 54.7 Å². The molecule has 598 valence electrons. The lowest BCUT2D eigenvalue weighted by Crippen LogP contribution is -2.16. The second-order valence-corrected chi connectivity index (χ2v) is 39.5. The smallest absolute Gasteiger partial charge is 0.358 e. The number of aliphatic imine (C=N–C) groups is 4. The number of pyridine rings is 1. The molecule has 119 heavy (non-hydrogen) atoms. The molecule has 0 fully saturated rings. The maximum Gasteiger partial charge on any atom is 0.358 e. The number of rotatable bonds is 13. The molecular formula is C96H93N13O8Si2. The number of hydrogen-bond acceptors (Lipinski definition) is 17. The Balaban J connectivity index is 0.000000146. The van der Waals surface area contributed by atoms with E-state index in [4.69, 9.17) is 51.8 Å². The van der Waals surface area contributed by atoms with E-state index in [1.165, 1.54) is 0 Å². The Hall–Kier alpha value is -14.0. The van der Waals surface area contributed by atoms with Crippen LogP contribution < -0.4 is 0 Å². The highest BCUT2D eigenvalue weighted by Gasteiger charge is 2.35. The molecule has 0 saturated heterocycles. The summed E-state index contributed by atoms with van der Waals surface area (Å²) in [4.78, 5) is 91.6. The summed E-state index contributed by atoms with van der Waals surface area (Å²) in [5, 5.41) is 0. The number of imidazole rings is 4. The molecular weight excluding hydrogens is 1520 g/mol. The van der Waals surface area contributed by atoms with Gasteiger partial charge >= 0.3 is 23.9 Å². The minimum absolute atomic E-state index is 0.271. The standard InChI is InChI=1S/C26H27N3O2Si.C25H29N3O2Si.C23H19N3O2.C22H18N4O2/c1-6-31-26(30)24-25-18(2)28-23(20-10-8-7-9-11-20)21-16-19(14-15-32(3,4)5)12-13-22(21)29(25)17-27-24;1-7-30-25(29)23-24-18(2)27-22(20-13-9-8-10-14-20)21(19(3)28(24)17-26-23)15-11-12-16-31(4,5)6;1-4-16-11-12-19-18(13-16)20(17-9-7-6-8-10-17)25-15(3)22-21(23(27)28-5-2)24-14-26(19)22;1-4-15-9-10-18-16(12-15)19(17-8-6-7-11-23-17)25-14(3)21-20(22(27)28-5-2)24-13-26(18)21/h7-13,16-18H,6H2,1-5H3;8-10,13-15,17-18H,3,7,11H2,1-2,4-6H3;1,6-15H,5H2,2-3H3;1,6-14H,5H2,2-3H3/b;21-15+;;/t2*18-;15-;14-/m0100/s1. The Bertz CT molecular complexity index is 5910. The van der Waals surface area contributed by atoms with Crippen molar-refractivity contribution < 1.29 is 38.1 Å². The van der Waals surface area contributed by atoms with Crippen LogP contribution >= 0.6 is 0 Å². The van der Waals surface area contributed by atoms with Gasteiger partial charge in [0.15, 0.2) is 22.8 Å². The van der Waals surface area contributed by atoms with Crippen molar-refractivity contribution in [2.45, 2.75) is 125 Å². The van der Waals surface area contributed by atoms with Crippen LogP contribution in [0.3, 0.4) is 0 Å². The van der Waals surface area contributed by atoms with Crippen LogP contribution in [0.25, 0.3) is 22.8 Å². The zero-order valence-electron chi connectivity index (χ0n) is 69.3. The lowest BCUT2D eigenvalue weighted by molar-refractivity contribution is 0.0508. The molecule has 0 bridgehead atoms. The van der Waals surface area contributed by atoms with E-state index in [1.54, 1.807) is 59.2 Å². The molecule has 0 spiro atoms. The van der Waals surface area contributed by atoms with Gasteiger partial charge in [0.25, 0.3) is 0 Å². The van der Waals surface area contributed by atoms with Crippen molar-refractivity contribution in [1.29, 1.82) is 0 Å². The first-order valence-electron chi connectivity index (χ1n) is 39.5. The molecule has 0 radical (unpaired) electrons. The van der Waals surface area contributed by atoms with Gasteiger partial charge in [-0.2, -0.15) is 0 Å². The summed E-state index contributed by atoms with van der Waals surface area (Å²) >= 11 is 0. The van der Waals surface area contributed by atoms with Gasteiger partial charge in [0.05, 0.1) is 119 Å². The largest absolute Gasteiger partial charge is 0.461 e. The Labute approximate surface area is 697 Å². The van der Waals surface area contributed by atoms with Crippen molar-refractivity contribution in [3.05, 3.63) is 315 Å². The number of terminal acetylenes is 2. The monoisotopic (exact) mass is 1610 g/mol. The molecule has 23 heteroatoms. The van der Waals surface area contributed by atoms with E-state index in [9.17, 15) is 19.2 Å². The first kappa shape index (κ1) is 84.4. The molecule has 11 aromatic rings. The van der Waals surface area contributed by atoms with Crippen LogP contribution in [-0.4, -0.2) is 132 Å². The minimum atomic E-state index is -1.51. The molecule has 5 aromatic heterocycles. The van der Waals surface area contributed by atoms with Gasteiger partial charge in [-0.1, -0.05) is 167 Å². The van der Waals surface area contributed by atoms with Crippen LogP contribution in [0.15, 0.2) is 233 Å². The number of carbonyl (C=O) groups is 4. The number of nitrogens with zero attached hydrogens (tertiary/aromatic N) is 13. The quantitative estimate of drug-likeness (QED) is 0.0452. The molecule has 21 nitrogen and oxygen atoms in total. The van der Waals surface area contributed by atoms with Crippen LogP contribution in [0.2, 0.25) is 39.3 Å². The van der Waals surface area contributed by atoms with Crippen LogP contribution in [0.5, 0.6) is 0 Å². The normalized spacial score (nSPS) is 15.5. The predicted molar refractivity (Wildman–Crippen MR) is 473 cm³/mol. The van der Waals surface area contributed by atoms with Crippen LogP contribution in [0.1, 0.15) is 206 Å². The fraction of sp³-hybridized carbons (Fsp3) is 0.240. The number of benzene rings is 6. The molecule has 0 aliphatic carbocycles. The first-order valence-corrected chi connectivity index (χ1v) is 46.5. The topological polar surface area (TPSA) is 239 Å². The summed E-state index contributed by atoms with van der Waals surface area (Å²) in [6.07, 6.45) is 22.3. The van der Waals surface area contributed by atoms with Gasteiger partial charge in [0.2, 0.25) is 0 Å². The second-order valence-electron chi connectivity index (χ2n) is 30.0. The van der Waals surface area contributed by atoms with E-state index in [-0.39, 0.29) is 42.2 Å². The average molecular weight is 1610 g/mol. The molecule has 9 heterocycles. The van der Waals surface area contributed by atoms with Crippen molar-refractivity contribution in [2.24, 2.45) is 20.0 Å². The van der Waals surface area contributed by atoms with Crippen molar-refractivity contribution in [1.82, 2.24) is 43.2 Å². The highest BCUT2D eigenvalue weighted by molar-refractivity contribution is 6.84. The highest BCUT2D eigenvalue weighted by atomic mass is 28.3. The molecule has 6 aromatic carbocycles. The first-order chi connectivity index (χ1) is 57.3. The van der Waals surface area contributed by atoms with Crippen LogP contribution in [0.4, 0.5) is 0 Å². The van der Waals surface area contributed by atoms with Gasteiger partial charge in [-0.3, -0.25) is 38.7 Å². The number of esters is 4. The highest BCUT2D eigenvalue weighted by Crippen LogP contribution is 2.39. The van der Waals surface area contributed by atoms with Gasteiger partial charge in [-0.25, -0.2) is 39.1 Å². The van der Waals surface area contributed by atoms with E-state index in [0.717, 1.165) is 113 Å². The number of hydrogen-bond donors (Lipinski definition) is 0. The fourth-order valence-electron chi connectivity index (χ4n) is 14.0. The maximum absolute atomic E-state index is 12.6. The summed E-state index contributed by atoms with van der Waals surface area (Å²) in [6.45, 7) is 33.8. The van der Waals surface area contributed by atoms with Gasteiger partial charge in [-0.05, 0) is 122 Å². The number of allylic oxidation sites excluding steroid dienone is 3. The van der Waals surface area contributed by atoms with E-state index in [1.807, 2.05) is 192 Å². The van der Waals surface area contributed by atoms with E-state index in [2.05, 4.69) is 130 Å². The lowest BCUT2D eigenvalue weighted by atomic mass is 9.98. The molecule has 0 amide bonds. The molecule has 4 aliphatic rings. The Morgan fingerprint density at radius 2 is 0.756 bits per heavy atom. The average Bonchev–Trinajstić information content (AvgIpc) is 1.63. The number of carbonyl (C=O) groups excluding carboxylic acids is 4. The zero-order chi connectivity index (χ0) is 84.8. The number of aromatic nitrogens is 9. The predicted octanol–water partition coefficient (Wildman–Crippen LogP) is 17.8. The van der Waals surface area contributed by atoms with E-state index < -0.39 is 40.0 Å². The van der Waals surface area contributed by atoms with Crippen molar-refractivity contribution in [2.75, 3.05) is 26.4 Å². The van der Waals surface area contributed by atoms with Crippen molar-refractivity contribution in [3.63, 3.8) is 0 Å². The van der Waals surface area contributed by atoms with E-state index >= 15 is 0 Å². The maximum atomic E-state index is 12.6. The van der Waals surface area contributed by atoms with Gasteiger partial charge < -0.3 is 23.5 Å². The zero-order valence-corrected chi connectivity index (χ0v) is 71.3. The third-order valence-electron chi connectivity index (χ3n) is 19.2. The SMILES string of the molecule is C#Cc1ccc2c(c1)C(c1ccccc1)=N[C@@H](C)c1c(C(=O)OCC)ncn1-2.C#Cc1ccc2c(c1)C(c1ccccn1)=N[C@@H](C)c1c(C(=O)OCC)ncn1-2.C=C1/C(=C\CC#C[Si](C)(C)C)C(c2ccccc2)=N[C@H](C)c2c(C(=O)OCC)ncn21.CCOC(=O)c1ncn2c1[C@H](C)N=C(c1ccccc1)c1cc(C#C[Si](C)(C)C)ccc1-2. The van der Waals surface area contributed by atoms with Crippen LogP contribution in [-0.2, 0) is 18.9 Å². The molecule has 0 saturated carbocycles. The Morgan fingerprint density at radius 1 is 0.420 bits per heavy atom. The molecule has 0 unspecified atom stereocenters. The summed E-state index contributed by atoms with van der Waals surface area (Å²) < 4.78 is 28.4. The summed E-state index contributed by atoms with van der Waals surface area (Å²) in [6, 6.07) is 52.2. The Kier molecular flexibility index (Phi) is 26.5. The fourth-order valence-corrected chi connectivity index (χ4v) is 15.2. The summed E-state index contributed by atoms with van der Waals surface area (Å²) in [7, 11) is -2.96. The second kappa shape index (κ2) is 37.3. The molecule has 4 aliphatic heterocycles.